The fraction of sp³-hybridized carbons (Fsp3) is 0.458. The first-order valence-electron chi connectivity index (χ1n) is 10.8. The van der Waals surface area contributed by atoms with Gasteiger partial charge in [-0.15, -0.1) is 0 Å². The monoisotopic (exact) mass is 460 g/mol. The number of aryl methyl sites for hydroxylation is 1. The Bertz CT molecular complexity index is 1080. The molecule has 174 valence electrons. The number of sulfonamides is 1. The van der Waals surface area contributed by atoms with Crippen molar-refractivity contribution in [3.8, 4) is 11.5 Å². The minimum atomic E-state index is -3.82. The van der Waals surface area contributed by atoms with Crippen molar-refractivity contribution in [1.82, 2.24) is 4.31 Å². The number of hydrogen-bond acceptors (Lipinski definition) is 5. The maximum absolute atomic E-state index is 13.5. The van der Waals surface area contributed by atoms with Crippen LogP contribution in [0.3, 0.4) is 0 Å². The summed E-state index contributed by atoms with van der Waals surface area (Å²) in [6.07, 6.45) is 1.23. The minimum Gasteiger partial charge on any atom is -0.495 e. The first-order valence-corrected chi connectivity index (χ1v) is 12.2. The number of nitrogens with zero attached hydrogens (tertiary/aromatic N) is 1. The van der Waals surface area contributed by atoms with E-state index in [-0.39, 0.29) is 23.3 Å². The number of carbonyl (C=O) groups is 1. The summed E-state index contributed by atoms with van der Waals surface area (Å²) in [5.41, 5.74) is 2.50. The molecule has 1 aliphatic heterocycles. The van der Waals surface area contributed by atoms with Gasteiger partial charge in [-0.2, -0.15) is 4.31 Å². The van der Waals surface area contributed by atoms with Gasteiger partial charge in [-0.3, -0.25) is 4.79 Å². The Morgan fingerprint density at radius 2 is 1.78 bits per heavy atom. The molecule has 1 fully saturated rings. The van der Waals surface area contributed by atoms with Crippen molar-refractivity contribution in [2.75, 3.05) is 32.6 Å². The summed E-state index contributed by atoms with van der Waals surface area (Å²) >= 11 is 0. The summed E-state index contributed by atoms with van der Waals surface area (Å²) in [6.45, 7) is 6.45. The third-order valence-electron chi connectivity index (χ3n) is 5.84. The zero-order valence-electron chi connectivity index (χ0n) is 19.3. The standard InChI is InChI=1S/C24H32N2O5S/c1-16(2)18-9-11-22(31-5)23(14-18)32(28,29)26-12-6-7-19(15-26)24(27)25-20-13-17(3)8-10-21(20)30-4/h8-11,13-14,16,19H,6-7,12,15H2,1-5H3,(H,25,27)/t19-/m1/s1. The smallest absolute Gasteiger partial charge is 0.246 e. The molecule has 1 heterocycles. The van der Waals surface area contributed by atoms with Crippen LogP contribution in [0.25, 0.3) is 0 Å². The zero-order valence-corrected chi connectivity index (χ0v) is 20.2. The van der Waals surface area contributed by atoms with Crippen LogP contribution in [0.5, 0.6) is 11.5 Å². The molecule has 0 unspecified atom stereocenters. The van der Waals surface area contributed by atoms with E-state index in [2.05, 4.69) is 5.32 Å². The number of piperidine rings is 1. The molecule has 32 heavy (non-hydrogen) atoms. The highest BCUT2D eigenvalue weighted by atomic mass is 32.2. The Morgan fingerprint density at radius 3 is 2.44 bits per heavy atom. The lowest BCUT2D eigenvalue weighted by atomic mass is 9.98. The van der Waals surface area contributed by atoms with Crippen LogP contribution in [0.1, 0.15) is 43.7 Å². The van der Waals surface area contributed by atoms with Crippen LogP contribution in [0.2, 0.25) is 0 Å². The number of nitrogens with one attached hydrogen (secondary N) is 1. The van der Waals surface area contributed by atoms with Gasteiger partial charge in [0.25, 0.3) is 0 Å². The molecular formula is C24H32N2O5S. The van der Waals surface area contributed by atoms with Gasteiger partial charge in [-0.25, -0.2) is 8.42 Å². The van der Waals surface area contributed by atoms with Crippen LogP contribution in [0, 0.1) is 12.8 Å². The normalized spacial score (nSPS) is 17.2. The summed E-state index contributed by atoms with van der Waals surface area (Å²) in [4.78, 5) is 13.2. The van der Waals surface area contributed by atoms with Gasteiger partial charge in [0, 0.05) is 13.1 Å². The topological polar surface area (TPSA) is 84.9 Å². The number of carbonyl (C=O) groups excluding carboxylic acids is 1. The van der Waals surface area contributed by atoms with Gasteiger partial charge in [0.2, 0.25) is 15.9 Å². The van der Waals surface area contributed by atoms with Gasteiger partial charge < -0.3 is 14.8 Å². The number of methoxy groups -OCH3 is 2. The highest BCUT2D eigenvalue weighted by Gasteiger charge is 2.35. The lowest BCUT2D eigenvalue weighted by Gasteiger charge is -2.31. The van der Waals surface area contributed by atoms with Crippen LogP contribution >= 0.6 is 0 Å². The molecule has 0 radical (unpaired) electrons. The van der Waals surface area contributed by atoms with E-state index in [1.807, 2.05) is 39.0 Å². The SMILES string of the molecule is COc1ccc(C)cc1NC(=O)[C@@H]1CCCN(S(=O)(=O)c2cc(C(C)C)ccc2OC)C1. The van der Waals surface area contributed by atoms with Crippen LogP contribution in [-0.2, 0) is 14.8 Å². The molecule has 1 atom stereocenters. The first-order chi connectivity index (χ1) is 15.2. The zero-order chi connectivity index (χ0) is 23.5. The predicted molar refractivity (Wildman–Crippen MR) is 125 cm³/mol. The molecule has 0 bridgehead atoms. The van der Waals surface area contributed by atoms with E-state index < -0.39 is 15.9 Å². The fourth-order valence-electron chi connectivity index (χ4n) is 3.92. The Hall–Kier alpha value is -2.58. The van der Waals surface area contributed by atoms with Gasteiger partial charge in [0.1, 0.15) is 16.4 Å². The van der Waals surface area contributed by atoms with Crippen molar-refractivity contribution in [2.24, 2.45) is 5.92 Å². The van der Waals surface area contributed by atoms with Crippen molar-refractivity contribution in [3.63, 3.8) is 0 Å². The molecule has 8 heteroatoms. The van der Waals surface area contributed by atoms with Crippen LogP contribution in [0.4, 0.5) is 5.69 Å². The third kappa shape index (κ3) is 5.07. The molecule has 7 nitrogen and oxygen atoms in total. The maximum atomic E-state index is 13.5. The van der Waals surface area contributed by atoms with E-state index in [1.165, 1.54) is 11.4 Å². The van der Waals surface area contributed by atoms with Gasteiger partial charge in [0.15, 0.2) is 0 Å². The largest absolute Gasteiger partial charge is 0.495 e. The lowest BCUT2D eigenvalue weighted by Crippen LogP contribution is -2.43. The van der Waals surface area contributed by atoms with Crippen molar-refractivity contribution in [3.05, 3.63) is 47.5 Å². The van der Waals surface area contributed by atoms with Crippen molar-refractivity contribution < 1.29 is 22.7 Å². The molecule has 2 aromatic carbocycles. The predicted octanol–water partition coefficient (Wildman–Crippen LogP) is 4.18. The van der Waals surface area contributed by atoms with E-state index >= 15 is 0 Å². The Kier molecular flexibility index (Phi) is 7.46. The summed E-state index contributed by atoms with van der Waals surface area (Å²) in [5.74, 6) is 0.392. The molecular weight excluding hydrogens is 428 g/mol. The number of benzene rings is 2. The van der Waals surface area contributed by atoms with Gasteiger partial charge in [-0.05, 0) is 61.1 Å². The number of hydrogen-bond donors (Lipinski definition) is 1. The van der Waals surface area contributed by atoms with E-state index in [0.29, 0.717) is 36.6 Å². The molecule has 1 aliphatic rings. The second-order valence-corrected chi connectivity index (χ2v) is 10.4. The third-order valence-corrected chi connectivity index (χ3v) is 7.73. The molecule has 3 rings (SSSR count). The molecule has 2 aromatic rings. The van der Waals surface area contributed by atoms with Gasteiger partial charge in [0.05, 0.1) is 25.8 Å². The summed E-state index contributed by atoms with van der Waals surface area (Å²) < 4.78 is 39.1. The van der Waals surface area contributed by atoms with E-state index in [9.17, 15) is 13.2 Å². The van der Waals surface area contributed by atoms with Crippen molar-refractivity contribution in [1.29, 1.82) is 0 Å². The fourth-order valence-corrected chi connectivity index (χ4v) is 5.64. The van der Waals surface area contributed by atoms with E-state index in [0.717, 1.165) is 11.1 Å². The Labute approximate surface area is 190 Å². The molecule has 0 saturated carbocycles. The van der Waals surface area contributed by atoms with E-state index in [1.54, 1.807) is 25.3 Å². The number of amides is 1. The average molecular weight is 461 g/mol. The first kappa shape index (κ1) is 24.1. The van der Waals surface area contributed by atoms with Crippen LogP contribution in [0.15, 0.2) is 41.3 Å². The lowest BCUT2D eigenvalue weighted by molar-refractivity contribution is -0.120. The molecule has 1 N–H and O–H groups in total. The summed E-state index contributed by atoms with van der Waals surface area (Å²) in [7, 11) is -0.803. The average Bonchev–Trinajstić information content (AvgIpc) is 2.78. The highest BCUT2D eigenvalue weighted by molar-refractivity contribution is 7.89. The Balaban J connectivity index is 1.83. The molecule has 1 amide bonds. The number of anilines is 1. The Morgan fingerprint density at radius 1 is 1.09 bits per heavy atom. The maximum Gasteiger partial charge on any atom is 0.246 e. The second kappa shape index (κ2) is 9.92. The van der Waals surface area contributed by atoms with E-state index in [4.69, 9.17) is 9.47 Å². The van der Waals surface area contributed by atoms with Crippen LogP contribution in [-0.4, -0.2) is 45.9 Å². The summed E-state index contributed by atoms with van der Waals surface area (Å²) in [5, 5.41) is 2.92. The molecule has 1 saturated heterocycles. The molecule has 0 aliphatic carbocycles. The number of ether oxygens (including phenoxy) is 2. The number of rotatable bonds is 7. The van der Waals surface area contributed by atoms with Crippen molar-refractivity contribution in [2.45, 2.75) is 44.4 Å². The minimum absolute atomic E-state index is 0.122. The highest BCUT2D eigenvalue weighted by Crippen LogP contribution is 2.33. The quantitative estimate of drug-likeness (QED) is 0.670. The van der Waals surface area contributed by atoms with Gasteiger partial charge >= 0.3 is 0 Å². The molecule has 0 spiro atoms. The molecule has 0 aromatic heterocycles. The van der Waals surface area contributed by atoms with Crippen molar-refractivity contribution >= 4 is 21.6 Å². The van der Waals surface area contributed by atoms with Gasteiger partial charge in [-0.1, -0.05) is 26.0 Å². The summed E-state index contributed by atoms with van der Waals surface area (Å²) in [6, 6.07) is 10.8. The van der Waals surface area contributed by atoms with Crippen LogP contribution < -0.4 is 14.8 Å². The second-order valence-electron chi connectivity index (χ2n) is 8.46.